The molecule has 8 nitrogen and oxygen atoms in total. The van der Waals surface area contributed by atoms with E-state index in [1.54, 1.807) is 14.2 Å². The van der Waals surface area contributed by atoms with E-state index in [0.29, 0.717) is 25.0 Å². The molecule has 5 rings (SSSR count). The molecule has 1 aliphatic carbocycles. The van der Waals surface area contributed by atoms with Crippen LogP contribution in [0.2, 0.25) is 0 Å². The SMILES string of the molecule is COCCCN1CCOc2ccc(CO[C@H]3CC[C@H](CC(C)(C)C(=O)N4CCN(C)CC4)C[C@@H]3c3ccc(OC)cc3)cc21. The molecule has 2 aromatic carbocycles. The van der Waals surface area contributed by atoms with Crippen LogP contribution in [0.3, 0.4) is 0 Å². The molecule has 1 amide bonds. The Morgan fingerprint density at radius 3 is 2.50 bits per heavy atom. The molecule has 2 fully saturated rings. The van der Waals surface area contributed by atoms with Crippen LogP contribution in [0, 0.1) is 11.3 Å². The number of benzene rings is 2. The maximum atomic E-state index is 13.6. The highest BCUT2D eigenvalue weighted by Gasteiger charge is 2.39. The van der Waals surface area contributed by atoms with E-state index in [9.17, 15) is 4.79 Å². The summed E-state index contributed by atoms with van der Waals surface area (Å²) < 4.78 is 23.5. The number of hydrogen-bond donors (Lipinski definition) is 0. The van der Waals surface area contributed by atoms with Gasteiger partial charge in [0.1, 0.15) is 18.1 Å². The van der Waals surface area contributed by atoms with E-state index in [1.165, 1.54) is 11.1 Å². The predicted octanol–water partition coefficient (Wildman–Crippen LogP) is 5.59. The first kappa shape index (κ1) is 32.6. The second-order valence-corrected chi connectivity index (χ2v) is 13.6. The molecule has 1 saturated carbocycles. The number of nitrogens with zero attached hydrogens (tertiary/aromatic N) is 3. The first-order chi connectivity index (χ1) is 21.3. The van der Waals surface area contributed by atoms with Gasteiger partial charge in [-0.25, -0.2) is 0 Å². The molecule has 44 heavy (non-hydrogen) atoms. The zero-order chi connectivity index (χ0) is 31.1. The van der Waals surface area contributed by atoms with E-state index in [2.05, 4.69) is 78.1 Å². The van der Waals surface area contributed by atoms with Crippen molar-refractivity contribution in [2.75, 3.05) is 78.6 Å². The van der Waals surface area contributed by atoms with Gasteiger partial charge in [-0.05, 0) is 80.5 Å². The van der Waals surface area contributed by atoms with E-state index in [-0.39, 0.29) is 17.4 Å². The van der Waals surface area contributed by atoms with Crippen LogP contribution in [-0.4, -0.2) is 95.6 Å². The molecular weight excluding hydrogens is 554 g/mol. The van der Waals surface area contributed by atoms with Crippen molar-refractivity contribution in [3.8, 4) is 11.5 Å². The van der Waals surface area contributed by atoms with E-state index >= 15 is 0 Å². The number of methoxy groups -OCH3 is 2. The summed E-state index contributed by atoms with van der Waals surface area (Å²) in [6.07, 6.45) is 5.07. The third-order valence-corrected chi connectivity index (χ3v) is 9.83. The molecule has 0 radical (unpaired) electrons. The van der Waals surface area contributed by atoms with Crippen LogP contribution in [-0.2, 0) is 20.9 Å². The lowest BCUT2D eigenvalue weighted by molar-refractivity contribution is -0.143. The molecule has 242 valence electrons. The van der Waals surface area contributed by atoms with E-state index < -0.39 is 0 Å². The number of ether oxygens (including phenoxy) is 4. The summed E-state index contributed by atoms with van der Waals surface area (Å²) in [6, 6.07) is 15.0. The van der Waals surface area contributed by atoms with Gasteiger partial charge < -0.3 is 33.6 Å². The fraction of sp³-hybridized carbons (Fsp3) is 0.639. The Morgan fingerprint density at radius 2 is 1.77 bits per heavy atom. The molecule has 2 aliphatic heterocycles. The summed E-state index contributed by atoms with van der Waals surface area (Å²) in [5.74, 6) is 2.85. The average molecular weight is 608 g/mol. The zero-order valence-corrected chi connectivity index (χ0v) is 27.6. The van der Waals surface area contributed by atoms with Crippen molar-refractivity contribution in [2.45, 2.75) is 64.6 Å². The van der Waals surface area contributed by atoms with Crippen LogP contribution in [0.25, 0.3) is 0 Å². The smallest absolute Gasteiger partial charge is 0.228 e. The van der Waals surface area contributed by atoms with Gasteiger partial charge in [-0.3, -0.25) is 4.79 Å². The molecule has 0 aromatic heterocycles. The van der Waals surface area contributed by atoms with Gasteiger partial charge in [0.05, 0.1) is 32.1 Å². The van der Waals surface area contributed by atoms with Gasteiger partial charge in [0.2, 0.25) is 5.91 Å². The second kappa shape index (κ2) is 15.0. The number of carbonyl (C=O) groups excluding carboxylic acids is 1. The van der Waals surface area contributed by atoms with Crippen LogP contribution in [0.1, 0.15) is 63.0 Å². The minimum absolute atomic E-state index is 0.112. The summed E-state index contributed by atoms with van der Waals surface area (Å²) in [5, 5.41) is 0. The maximum Gasteiger partial charge on any atom is 0.228 e. The van der Waals surface area contributed by atoms with Crippen molar-refractivity contribution in [3.63, 3.8) is 0 Å². The number of rotatable bonds is 12. The van der Waals surface area contributed by atoms with Crippen LogP contribution < -0.4 is 14.4 Å². The van der Waals surface area contributed by atoms with Crippen molar-refractivity contribution in [3.05, 3.63) is 53.6 Å². The Morgan fingerprint density at radius 1 is 1.00 bits per heavy atom. The second-order valence-electron chi connectivity index (χ2n) is 13.6. The summed E-state index contributed by atoms with van der Waals surface area (Å²) in [5.41, 5.74) is 3.22. The molecule has 8 heteroatoms. The summed E-state index contributed by atoms with van der Waals surface area (Å²) >= 11 is 0. The van der Waals surface area contributed by atoms with Gasteiger partial charge >= 0.3 is 0 Å². The molecule has 2 aromatic rings. The molecule has 0 unspecified atom stereocenters. The van der Waals surface area contributed by atoms with Gasteiger partial charge in [-0.1, -0.05) is 32.0 Å². The fourth-order valence-corrected chi connectivity index (χ4v) is 7.31. The number of piperazine rings is 1. The highest BCUT2D eigenvalue weighted by Crippen LogP contribution is 2.44. The summed E-state index contributed by atoms with van der Waals surface area (Å²) in [4.78, 5) is 20.4. The van der Waals surface area contributed by atoms with Crippen molar-refractivity contribution in [2.24, 2.45) is 11.3 Å². The van der Waals surface area contributed by atoms with Crippen molar-refractivity contribution >= 4 is 11.6 Å². The maximum absolute atomic E-state index is 13.6. The van der Waals surface area contributed by atoms with Gasteiger partial charge in [-0.15, -0.1) is 0 Å². The Hall–Kier alpha value is -2.81. The number of hydrogen-bond acceptors (Lipinski definition) is 7. The van der Waals surface area contributed by atoms with Crippen LogP contribution in [0.4, 0.5) is 5.69 Å². The van der Waals surface area contributed by atoms with Crippen molar-refractivity contribution < 1.29 is 23.7 Å². The standard InChI is InChI=1S/C36H53N3O5/c1-36(2,35(40)39-18-16-37(3)17-19-39)25-27-7-13-33(31(23-27)29-9-11-30(42-5)12-10-29)44-26-28-8-14-34-32(24-28)38(20-22-43-34)15-6-21-41-4/h8-12,14,24,27,31,33H,6-7,13,15-23,25-26H2,1-5H3/t27-,31+,33-/m0/s1. The van der Waals surface area contributed by atoms with Crippen molar-refractivity contribution in [1.29, 1.82) is 0 Å². The number of likely N-dealkylation sites (N-methyl/N-ethyl adjacent to an activating group) is 1. The van der Waals surface area contributed by atoms with Crippen molar-refractivity contribution in [1.82, 2.24) is 9.80 Å². The molecule has 2 heterocycles. The number of fused-ring (bicyclic) bond motifs is 1. The fourth-order valence-electron chi connectivity index (χ4n) is 7.31. The van der Waals surface area contributed by atoms with Crippen LogP contribution >= 0.6 is 0 Å². The van der Waals surface area contributed by atoms with Gasteiger partial charge in [0, 0.05) is 57.8 Å². The minimum Gasteiger partial charge on any atom is -0.497 e. The lowest BCUT2D eigenvalue weighted by Crippen LogP contribution is -2.51. The Kier molecular flexibility index (Phi) is 11.1. The van der Waals surface area contributed by atoms with E-state index in [4.69, 9.17) is 18.9 Å². The highest BCUT2D eigenvalue weighted by atomic mass is 16.5. The van der Waals surface area contributed by atoms with Crippen LogP contribution in [0.15, 0.2) is 42.5 Å². The quantitative estimate of drug-likeness (QED) is 0.292. The molecular formula is C36H53N3O5. The number of amides is 1. The first-order valence-corrected chi connectivity index (χ1v) is 16.5. The highest BCUT2D eigenvalue weighted by molar-refractivity contribution is 5.82. The molecule has 0 N–H and O–H groups in total. The number of carbonyl (C=O) groups is 1. The number of anilines is 1. The van der Waals surface area contributed by atoms with Crippen LogP contribution in [0.5, 0.6) is 11.5 Å². The summed E-state index contributed by atoms with van der Waals surface area (Å²) in [6.45, 7) is 11.7. The minimum atomic E-state index is -0.376. The van der Waals surface area contributed by atoms with Gasteiger partial charge in [0.25, 0.3) is 0 Å². The molecule has 0 spiro atoms. The van der Waals surface area contributed by atoms with E-state index in [1.807, 2.05) is 0 Å². The molecule has 1 saturated heterocycles. The third kappa shape index (κ3) is 8.06. The lowest BCUT2D eigenvalue weighted by atomic mass is 9.70. The van der Waals surface area contributed by atoms with E-state index in [0.717, 1.165) is 95.2 Å². The van der Waals surface area contributed by atoms with Gasteiger partial charge in [-0.2, -0.15) is 0 Å². The third-order valence-electron chi connectivity index (χ3n) is 9.83. The average Bonchev–Trinajstić information content (AvgIpc) is 3.04. The topological polar surface area (TPSA) is 63.7 Å². The van der Waals surface area contributed by atoms with Gasteiger partial charge in [0.15, 0.2) is 0 Å². The molecule has 0 bridgehead atoms. The Bertz CT molecular complexity index is 1210. The normalized spacial score (nSPS) is 22.8. The molecule has 3 aliphatic rings. The first-order valence-electron chi connectivity index (χ1n) is 16.5. The molecule has 3 atom stereocenters. The predicted molar refractivity (Wildman–Crippen MR) is 175 cm³/mol. The Labute approximate surface area is 264 Å². The monoisotopic (exact) mass is 607 g/mol. The zero-order valence-electron chi connectivity index (χ0n) is 27.6. The summed E-state index contributed by atoms with van der Waals surface area (Å²) in [7, 11) is 5.59. The Balaban J connectivity index is 1.26. The largest absolute Gasteiger partial charge is 0.497 e. The lowest BCUT2D eigenvalue weighted by Gasteiger charge is -2.41.